The van der Waals surface area contributed by atoms with Gasteiger partial charge in [-0.05, 0) is 12.1 Å². The first-order chi connectivity index (χ1) is 4.86. The van der Waals surface area contributed by atoms with Crippen LogP contribution in [0.4, 0.5) is 0 Å². The topological polar surface area (TPSA) is 28.7 Å². The first kappa shape index (κ1) is 5.74. The van der Waals surface area contributed by atoms with Crippen molar-refractivity contribution in [1.82, 2.24) is 9.97 Å². The van der Waals surface area contributed by atoms with Crippen LogP contribution in [0.5, 0.6) is 0 Å². The minimum atomic E-state index is 0.633. The lowest BCUT2D eigenvalue weighted by Crippen LogP contribution is -1.69. The summed E-state index contributed by atoms with van der Waals surface area (Å²) < 4.78 is 0. The third kappa shape index (κ3) is 0.772. The monoisotopic (exact) mass is 152 g/mol. The molecule has 0 fully saturated rings. The highest BCUT2D eigenvalue weighted by atomic mass is 35.5. The number of nitrogens with one attached hydrogen (secondary N) is 1. The third-order valence-electron chi connectivity index (χ3n) is 1.36. The number of hydrogen-bond acceptors (Lipinski definition) is 1. The van der Waals surface area contributed by atoms with E-state index in [1.807, 2.05) is 12.1 Å². The summed E-state index contributed by atoms with van der Waals surface area (Å²) in [5.41, 5.74) is 1.89. The van der Waals surface area contributed by atoms with Crippen molar-refractivity contribution in [3.63, 3.8) is 0 Å². The van der Waals surface area contributed by atoms with Gasteiger partial charge >= 0.3 is 0 Å². The second-order valence-corrected chi connectivity index (χ2v) is 2.46. The molecule has 2 aromatic heterocycles. The lowest BCUT2D eigenvalue weighted by Gasteiger charge is -1.82. The fraction of sp³-hybridized carbons (Fsp3) is 0. The first-order valence-corrected chi connectivity index (χ1v) is 3.33. The average Bonchev–Trinajstić information content (AvgIpc) is 2.27. The van der Waals surface area contributed by atoms with Gasteiger partial charge in [0, 0.05) is 12.3 Å². The first-order valence-electron chi connectivity index (χ1n) is 2.95. The molecule has 0 aliphatic carbocycles. The minimum Gasteiger partial charge on any atom is -0.344 e. The van der Waals surface area contributed by atoms with E-state index in [4.69, 9.17) is 11.6 Å². The Morgan fingerprint density at radius 3 is 3.20 bits per heavy atom. The van der Waals surface area contributed by atoms with E-state index in [1.54, 1.807) is 12.3 Å². The summed E-state index contributed by atoms with van der Waals surface area (Å²) in [7, 11) is 0. The SMILES string of the molecule is Clc1cc2ncccc2[nH]1. The highest BCUT2D eigenvalue weighted by Crippen LogP contribution is 2.14. The Balaban J connectivity index is 2.88. The summed E-state index contributed by atoms with van der Waals surface area (Å²) in [6.07, 6.45) is 1.74. The standard InChI is InChI=1S/C7H5ClN2/c8-7-4-6-5(10-7)2-1-3-9-6/h1-4,10H. The molecule has 10 heavy (non-hydrogen) atoms. The van der Waals surface area contributed by atoms with Gasteiger partial charge in [0.25, 0.3) is 0 Å². The zero-order chi connectivity index (χ0) is 6.97. The number of aromatic nitrogens is 2. The molecule has 0 aliphatic rings. The molecule has 2 nitrogen and oxygen atoms in total. The van der Waals surface area contributed by atoms with Crippen molar-refractivity contribution >= 4 is 22.6 Å². The summed E-state index contributed by atoms with van der Waals surface area (Å²) in [6, 6.07) is 5.61. The second-order valence-electron chi connectivity index (χ2n) is 2.05. The molecule has 0 unspecified atom stereocenters. The number of aromatic amines is 1. The molecular formula is C7H5ClN2. The molecule has 3 heteroatoms. The number of pyridine rings is 1. The van der Waals surface area contributed by atoms with E-state index in [1.165, 1.54) is 0 Å². The summed E-state index contributed by atoms with van der Waals surface area (Å²) >= 11 is 5.69. The molecular weight excluding hydrogens is 148 g/mol. The van der Waals surface area contributed by atoms with Crippen molar-refractivity contribution < 1.29 is 0 Å². The minimum absolute atomic E-state index is 0.633. The zero-order valence-corrected chi connectivity index (χ0v) is 5.89. The maximum absolute atomic E-state index is 5.69. The van der Waals surface area contributed by atoms with E-state index in [-0.39, 0.29) is 0 Å². The van der Waals surface area contributed by atoms with E-state index >= 15 is 0 Å². The number of fused-ring (bicyclic) bond motifs is 1. The molecule has 0 aromatic carbocycles. The second kappa shape index (κ2) is 1.99. The lowest BCUT2D eigenvalue weighted by atomic mass is 10.4. The Morgan fingerprint density at radius 1 is 1.50 bits per heavy atom. The van der Waals surface area contributed by atoms with Crippen LogP contribution in [-0.4, -0.2) is 9.97 Å². The van der Waals surface area contributed by atoms with Crippen molar-refractivity contribution in [2.75, 3.05) is 0 Å². The molecule has 0 saturated heterocycles. The van der Waals surface area contributed by atoms with Gasteiger partial charge in [-0.25, -0.2) is 0 Å². The van der Waals surface area contributed by atoms with Crippen LogP contribution in [-0.2, 0) is 0 Å². The molecule has 50 valence electrons. The number of hydrogen-bond donors (Lipinski definition) is 1. The van der Waals surface area contributed by atoms with Crippen molar-refractivity contribution in [2.45, 2.75) is 0 Å². The van der Waals surface area contributed by atoms with Crippen molar-refractivity contribution in [2.24, 2.45) is 0 Å². The number of H-pyrrole nitrogens is 1. The largest absolute Gasteiger partial charge is 0.344 e. The maximum Gasteiger partial charge on any atom is 0.108 e. The quantitative estimate of drug-likeness (QED) is 0.616. The maximum atomic E-state index is 5.69. The Bertz CT molecular complexity index is 320. The number of nitrogens with zero attached hydrogens (tertiary/aromatic N) is 1. The third-order valence-corrected chi connectivity index (χ3v) is 1.56. The number of rotatable bonds is 0. The van der Waals surface area contributed by atoms with E-state index < -0.39 is 0 Å². The molecule has 0 amide bonds. The smallest absolute Gasteiger partial charge is 0.108 e. The predicted molar refractivity (Wildman–Crippen MR) is 41.1 cm³/mol. The van der Waals surface area contributed by atoms with Gasteiger partial charge in [-0.15, -0.1) is 0 Å². The Kier molecular flexibility index (Phi) is 1.14. The summed E-state index contributed by atoms with van der Waals surface area (Å²) in [6.45, 7) is 0. The van der Waals surface area contributed by atoms with Crippen LogP contribution >= 0.6 is 11.6 Å². The van der Waals surface area contributed by atoms with Crippen molar-refractivity contribution in [1.29, 1.82) is 0 Å². The van der Waals surface area contributed by atoms with Gasteiger partial charge in [0.05, 0.1) is 11.0 Å². The zero-order valence-electron chi connectivity index (χ0n) is 5.13. The Hall–Kier alpha value is -1.02. The molecule has 0 spiro atoms. The van der Waals surface area contributed by atoms with Crippen LogP contribution in [0.3, 0.4) is 0 Å². The number of halogens is 1. The van der Waals surface area contributed by atoms with Gasteiger partial charge in [0.1, 0.15) is 5.15 Å². The van der Waals surface area contributed by atoms with Crippen LogP contribution < -0.4 is 0 Å². The molecule has 0 atom stereocenters. The highest BCUT2D eigenvalue weighted by molar-refractivity contribution is 6.30. The van der Waals surface area contributed by atoms with Crippen LogP contribution in [0, 0.1) is 0 Å². The van der Waals surface area contributed by atoms with E-state index in [0.29, 0.717) is 5.15 Å². The van der Waals surface area contributed by atoms with E-state index in [9.17, 15) is 0 Å². The van der Waals surface area contributed by atoms with E-state index in [0.717, 1.165) is 11.0 Å². The van der Waals surface area contributed by atoms with E-state index in [2.05, 4.69) is 9.97 Å². The molecule has 0 bridgehead atoms. The summed E-state index contributed by atoms with van der Waals surface area (Å²) in [5.74, 6) is 0. The average molecular weight is 153 g/mol. The Labute approximate surface area is 62.8 Å². The molecule has 0 radical (unpaired) electrons. The molecule has 2 rings (SSSR count). The molecule has 2 aromatic rings. The summed E-state index contributed by atoms with van der Waals surface area (Å²) in [5, 5.41) is 0.633. The van der Waals surface area contributed by atoms with Crippen LogP contribution in [0.25, 0.3) is 11.0 Å². The molecule has 0 saturated carbocycles. The molecule has 2 heterocycles. The Morgan fingerprint density at radius 2 is 2.40 bits per heavy atom. The van der Waals surface area contributed by atoms with Crippen LogP contribution in [0.1, 0.15) is 0 Å². The van der Waals surface area contributed by atoms with Crippen LogP contribution in [0.15, 0.2) is 24.4 Å². The van der Waals surface area contributed by atoms with Gasteiger partial charge in [-0.2, -0.15) is 0 Å². The van der Waals surface area contributed by atoms with Gasteiger partial charge in [0.2, 0.25) is 0 Å². The fourth-order valence-electron chi connectivity index (χ4n) is 0.923. The molecule has 1 N–H and O–H groups in total. The summed E-state index contributed by atoms with van der Waals surface area (Å²) in [4.78, 5) is 7.05. The fourth-order valence-corrected chi connectivity index (χ4v) is 1.13. The van der Waals surface area contributed by atoms with Crippen molar-refractivity contribution in [3.05, 3.63) is 29.5 Å². The predicted octanol–water partition coefficient (Wildman–Crippen LogP) is 2.22. The normalized spacial score (nSPS) is 10.5. The molecule has 0 aliphatic heterocycles. The van der Waals surface area contributed by atoms with Gasteiger partial charge in [-0.3, -0.25) is 4.98 Å². The van der Waals surface area contributed by atoms with Gasteiger partial charge < -0.3 is 4.98 Å². The van der Waals surface area contributed by atoms with Crippen molar-refractivity contribution in [3.8, 4) is 0 Å². The van der Waals surface area contributed by atoms with Crippen LogP contribution in [0.2, 0.25) is 5.15 Å². The van der Waals surface area contributed by atoms with Gasteiger partial charge in [0.15, 0.2) is 0 Å². The highest BCUT2D eigenvalue weighted by Gasteiger charge is 1.95. The van der Waals surface area contributed by atoms with Gasteiger partial charge in [-0.1, -0.05) is 11.6 Å². The lowest BCUT2D eigenvalue weighted by molar-refractivity contribution is 1.41.